The van der Waals surface area contributed by atoms with Crippen LogP contribution in [0.4, 0.5) is 4.79 Å². The summed E-state index contributed by atoms with van der Waals surface area (Å²) >= 11 is 0. The molecule has 0 atom stereocenters. The molecule has 0 unspecified atom stereocenters. The van der Waals surface area contributed by atoms with Crippen LogP contribution >= 0.6 is 7.26 Å². The Kier molecular flexibility index (Phi) is 17.0. The van der Waals surface area contributed by atoms with Crippen molar-refractivity contribution in [1.82, 2.24) is 5.48 Å². The third-order valence-corrected chi connectivity index (χ3v) is 12.8. The van der Waals surface area contributed by atoms with E-state index < -0.39 is 13.3 Å². The maximum atomic E-state index is 10.5. The highest BCUT2D eigenvalue weighted by Gasteiger charge is 2.44. The summed E-state index contributed by atoms with van der Waals surface area (Å²) in [6.07, 6.45) is 22.3. The molecular formula is C37H54N2O2P+. The Morgan fingerprint density at radius 2 is 0.810 bits per heavy atom. The molecule has 0 aliphatic carbocycles. The second-order valence-electron chi connectivity index (χ2n) is 11.5. The van der Waals surface area contributed by atoms with Gasteiger partial charge in [0, 0.05) is 0 Å². The van der Waals surface area contributed by atoms with Gasteiger partial charge in [0.2, 0.25) is 0 Å². The van der Waals surface area contributed by atoms with Crippen LogP contribution < -0.4 is 27.1 Å². The number of benzene rings is 3. The molecule has 0 saturated carbocycles. The third-order valence-electron chi connectivity index (χ3n) is 8.25. The number of amides is 2. The van der Waals surface area contributed by atoms with E-state index in [-0.39, 0.29) is 0 Å². The van der Waals surface area contributed by atoms with Crippen molar-refractivity contribution in [2.45, 2.75) is 103 Å². The quantitative estimate of drug-likeness (QED) is 0.0659. The first kappa shape index (κ1) is 33.8. The molecular weight excluding hydrogens is 535 g/mol. The Balaban J connectivity index is 1.27. The fraction of sp³-hybridized carbons (Fsp3) is 0.486. The standard InChI is InChI=1S/C37H53N2O2P/c38-37(40)39-41-32-24-13-11-9-7-5-3-1-2-4-6-8-10-12-14-25-33-42(34-26-18-15-19-27-34,35-28-20-16-21-29-35)36-30-22-17-23-31-36/h15-23,26-31H,1-14,24-25,32-33H2,(H2-,38,39,40)/p+1. The maximum Gasteiger partial charge on any atom is 0.336 e. The van der Waals surface area contributed by atoms with E-state index in [9.17, 15) is 4.79 Å². The van der Waals surface area contributed by atoms with Gasteiger partial charge in [-0.15, -0.1) is 0 Å². The SMILES string of the molecule is NC(=O)NOCCCCCCCCCCCCCCCCCC[P+](c1ccccc1)(c1ccccc1)c1ccccc1. The summed E-state index contributed by atoms with van der Waals surface area (Å²) in [7, 11) is -1.67. The summed E-state index contributed by atoms with van der Waals surface area (Å²) < 4.78 is 0. The molecule has 3 rings (SSSR count). The van der Waals surface area contributed by atoms with Crippen molar-refractivity contribution in [3.8, 4) is 0 Å². The fourth-order valence-corrected chi connectivity index (χ4v) is 10.4. The first-order valence-electron chi connectivity index (χ1n) is 16.5. The average molecular weight is 590 g/mol. The van der Waals surface area contributed by atoms with Gasteiger partial charge >= 0.3 is 6.03 Å². The molecule has 0 heterocycles. The Morgan fingerprint density at radius 1 is 0.500 bits per heavy atom. The minimum absolute atomic E-state index is 0.543. The number of rotatable bonds is 23. The van der Waals surface area contributed by atoms with Crippen molar-refractivity contribution in [3.63, 3.8) is 0 Å². The molecule has 0 bridgehead atoms. The summed E-state index contributed by atoms with van der Waals surface area (Å²) in [5.74, 6) is 0. The van der Waals surface area contributed by atoms with E-state index in [1.165, 1.54) is 112 Å². The molecule has 2 amide bonds. The second-order valence-corrected chi connectivity index (χ2v) is 15.1. The normalized spacial score (nSPS) is 11.4. The van der Waals surface area contributed by atoms with Crippen molar-refractivity contribution < 1.29 is 9.63 Å². The van der Waals surface area contributed by atoms with Gasteiger partial charge in [-0.3, -0.25) is 4.84 Å². The third kappa shape index (κ3) is 12.3. The van der Waals surface area contributed by atoms with Crippen LogP contribution in [0.25, 0.3) is 0 Å². The molecule has 42 heavy (non-hydrogen) atoms. The van der Waals surface area contributed by atoms with E-state index in [2.05, 4.69) is 96.5 Å². The van der Waals surface area contributed by atoms with E-state index in [1.807, 2.05) is 0 Å². The zero-order valence-corrected chi connectivity index (χ0v) is 26.6. The van der Waals surface area contributed by atoms with Gasteiger partial charge in [-0.1, -0.05) is 138 Å². The molecule has 0 spiro atoms. The van der Waals surface area contributed by atoms with Crippen LogP contribution in [-0.2, 0) is 4.84 Å². The van der Waals surface area contributed by atoms with E-state index in [0.29, 0.717) is 6.61 Å². The lowest BCUT2D eigenvalue weighted by atomic mass is 10.0. The number of hydrogen-bond donors (Lipinski definition) is 2. The van der Waals surface area contributed by atoms with Crippen LogP contribution in [-0.4, -0.2) is 18.8 Å². The molecule has 3 aromatic rings. The molecule has 5 heteroatoms. The minimum atomic E-state index is -1.67. The second kappa shape index (κ2) is 21.1. The summed E-state index contributed by atoms with van der Waals surface area (Å²) in [6, 6.07) is 33.3. The van der Waals surface area contributed by atoms with E-state index in [1.54, 1.807) is 0 Å². The summed E-state index contributed by atoms with van der Waals surface area (Å²) in [4.78, 5) is 15.5. The number of primary amides is 1. The molecule has 0 aliphatic heterocycles. The largest absolute Gasteiger partial charge is 0.350 e. The number of unbranched alkanes of at least 4 members (excludes halogenated alkanes) is 15. The van der Waals surface area contributed by atoms with Crippen LogP contribution in [0, 0.1) is 0 Å². The predicted molar refractivity (Wildman–Crippen MR) is 183 cm³/mol. The Labute approximate surface area is 256 Å². The van der Waals surface area contributed by atoms with E-state index in [0.717, 1.165) is 12.8 Å². The molecule has 0 fully saturated rings. The van der Waals surface area contributed by atoms with Crippen LogP contribution in [0.1, 0.15) is 103 Å². The molecule has 3 aromatic carbocycles. The number of nitrogens with two attached hydrogens (primary N) is 1. The van der Waals surface area contributed by atoms with Crippen molar-refractivity contribution in [1.29, 1.82) is 0 Å². The van der Waals surface area contributed by atoms with Crippen LogP contribution in [0.2, 0.25) is 0 Å². The number of hydrogen-bond acceptors (Lipinski definition) is 2. The monoisotopic (exact) mass is 589 g/mol. The summed E-state index contributed by atoms with van der Waals surface area (Å²) in [5, 5.41) is 4.51. The molecule has 3 N–H and O–H groups in total. The molecule has 0 aromatic heterocycles. The predicted octanol–water partition coefficient (Wildman–Crippen LogP) is 8.82. The van der Waals surface area contributed by atoms with Crippen LogP contribution in [0.5, 0.6) is 0 Å². The lowest BCUT2D eigenvalue weighted by molar-refractivity contribution is 0.0616. The van der Waals surface area contributed by atoms with Crippen molar-refractivity contribution in [2.75, 3.05) is 12.8 Å². The lowest BCUT2D eigenvalue weighted by Crippen LogP contribution is -2.33. The van der Waals surface area contributed by atoms with Gasteiger partial charge in [0.25, 0.3) is 0 Å². The number of carbonyl (C=O) groups is 1. The first-order chi connectivity index (χ1) is 20.7. The number of nitrogens with one attached hydrogen (secondary N) is 1. The number of carbonyl (C=O) groups excluding carboxylic acids is 1. The van der Waals surface area contributed by atoms with Gasteiger partial charge in [0.1, 0.15) is 23.2 Å². The van der Waals surface area contributed by atoms with Crippen molar-refractivity contribution in [3.05, 3.63) is 91.0 Å². The van der Waals surface area contributed by atoms with Crippen LogP contribution in [0.3, 0.4) is 0 Å². The van der Waals surface area contributed by atoms with E-state index in [4.69, 9.17) is 10.6 Å². The van der Waals surface area contributed by atoms with Gasteiger partial charge in [0.15, 0.2) is 0 Å². The highest BCUT2D eigenvalue weighted by Crippen LogP contribution is 2.56. The summed E-state index contributed by atoms with van der Waals surface area (Å²) in [6.45, 7) is 0.543. The molecule has 0 radical (unpaired) electrons. The Hall–Kier alpha value is -2.68. The lowest BCUT2D eigenvalue weighted by Gasteiger charge is -2.27. The van der Waals surface area contributed by atoms with Gasteiger partial charge in [-0.2, -0.15) is 0 Å². The van der Waals surface area contributed by atoms with Gasteiger partial charge < -0.3 is 5.73 Å². The summed E-state index contributed by atoms with van der Waals surface area (Å²) in [5.41, 5.74) is 7.11. The zero-order valence-electron chi connectivity index (χ0n) is 25.7. The molecule has 0 saturated heterocycles. The van der Waals surface area contributed by atoms with Gasteiger partial charge in [0.05, 0.1) is 12.8 Å². The first-order valence-corrected chi connectivity index (χ1v) is 18.4. The minimum Gasteiger partial charge on any atom is -0.350 e. The molecule has 228 valence electrons. The Bertz CT molecular complexity index is 982. The smallest absolute Gasteiger partial charge is 0.336 e. The van der Waals surface area contributed by atoms with Gasteiger partial charge in [-0.05, 0) is 55.7 Å². The zero-order chi connectivity index (χ0) is 29.6. The Morgan fingerprint density at radius 3 is 1.14 bits per heavy atom. The highest BCUT2D eigenvalue weighted by molar-refractivity contribution is 7.95. The highest BCUT2D eigenvalue weighted by atomic mass is 31.2. The fourth-order valence-electron chi connectivity index (χ4n) is 6.00. The van der Waals surface area contributed by atoms with Crippen molar-refractivity contribution >= 4 is 29.2 Å². The number of hydroxylamine groups is 1. The van der Waals surface area contributed by atoms with E-state index >= 15 is 0 Å². The molecule has 4 nitrogen and oxygen atoms in total. The average Bonchev–Trinajstić information content (AvgIpc) is 3.03. The topological polar surface area (TPSA) is 64.4 Å². The van der Waals surface area contributed by atoms with Crippen LogP contribution in [0.15, 0.2) is 91.0 Å². The molecule has 0 aliphatic rings. The maximum absolute atomic E-state index is 10.5. The van der Waals surface area contributed by atoms with Gasteiger partial charge in [-0.25, -0.2) is 10.3 Å². The van der Waals surface area contributed by atoms with Crippen molar-refractivity contribution in [2.24, 2.45) is 5.73 Å². The number of urea groups is 1.